The molecule has 1 heterocycles. The summed E-state index contributed by atoms with van der Waals surface area (Å²) in [6.45, 7) is 3.83. The first-order valence-electron chi connectivity index (χ1n) is 5.90. The number of hydrogen-bond acceptors (Lipinski definition) is 4. The fourth-order valence-electron chi connectivity index (χ4n) is 2.15. The van der Waals surface area contributed by atoms with Gasteiger partial charge in [-0.15, -0.1) is 0 Å². The SMILES string of the molecule is CCOC(=O)c1c(C)n(C)c2cc(C#N)c(O)cc12. The molecule has 0 fully saturated rings. The van der Waals surface area contributed by atoms with E-state index < -0.39 is 5.97 Å². The number of esters is 1. The van der Waals surface area contributed by atoms with Crippen LogP contribution in [0.1, 0.15) is 28.5 Å². The van der Waals surface area contributed by atoms with Crippen molar-refractivity contribution < 1.29 is 14.6 Å². The second kappa shape index (κ2) is 4.65. The van der Waals surface area contributed by atoms with Crippen molar-refractivity contribution >= 4 is 16.9 Å². The van der Waals surface area contributed by atoms with Gasteiger partial charge in [-0.05, 0) is 26.0 Å². The van der Waals surface area contributed by atoms with E-state index in [-0.39, 0.29) is 17.9 Å². The Hall–Kier alpha value is -2.48. The number of ether oxygens (including phenoxy) is 1. The van der Waals surface area contributed by atoms with Gasteiger partial charge in [0.2, 0.25) is 0 Å². The summed E-state index contributed by atoms with van der Waals surface area (Å²) in [7, 11) is 1.80. The van der Waals surface area contributed by atoms with Gasteiger partial charge in [-0.3, -0.25) is 0 Å². The van der Waals surface area contributed by atoms with Crippen LogP contribution in [0.5, 0.6) is 5.75 Å². The number of fused-ring (bicyclic) bond motifs is 1. The van der Waals surface area contributed by atoms with Crippen molar-refractivity contribution in [3.63, 3.8) is 0 Å². The van der Waals surface area contributed by atoms with Crippen molar-refractivity contribution in [2.24, 2.45) is 7.05 Å². The van der Waals surface area contributed by atoms with Gasteiger partial charge in [0, 0.05) is 18.1 Å². The van der Waals surface area contributed by atoms with E-state index in [2.05, 4.69) is 0 Å². The minimum Gasteiger partial charge on any atom is -0.507 e. The third-order valence-corrected chi connectivity index (χ3v) is 3.21. The first-order valence-corrected chi connectivity index (χ1v) is 5.90. The quantitative estimate of drug-likeness (QED) is 0.838. The van der Waals surface area contributed by atoms with Crippen LogP contribution in [0.3, 0.4) is 0 Å². The number of carbonyl (C=O) groups excluding carboxylic acids is 1. The Balaban J connectivity index is 2.79. The molecule has 0 atom stereocenters. The second-order valence-electron chi connectivity index (χ2n) is 4.24. The number of phenolic OH excluding ortho intramolecular Hbond substituents is 1. The molecule has 19 heavy (non-hydrogen) atoms. The van der Waals surface area contributed by atoms with E-state index in [4.69, 9.17) is 10.00 Å². The van der Waals surface area contributed by atoms with Gasteiger partial charge in [0.1, 0.15) is 11.8 Å². The van der Waals surface area contributed by atoms with Crippen LogP contribution in [-0.4, -0.2) is 22.2 Å². The minimum absolute atomic E-state index is 0.133. The standard InChI is InChI=1S/C14H14N2O3/c1-4-19-14(18)13-8(2)16(3)11-5-9(7-15)12(17)6-10(11)13/h5-6,17H,4H2,1-3H3. The molecular weight excluding hydrogens is 244 g/mol. The van der Waals surface area contributed by atoms with E-state index in [1.54, 1.807) is 27.0 Å². The Bertz CT molecular complexity index is 708. The van der Waals surface area contributed by atoms with Gasteiger partial charge in [-0.1, -0.05) is 0 Å². The molecule has 5 heteroatoms. The van der Waals surface area contributed by atoms with Gasteiger partial charge in [-0.2, -0.15) is 5.26 Å². The lowest BCUT2D eigenvalue weighted by Gasteiger charge is -2.02. The summed E-state index contributed by atoms with van der Waals surface area (Å²) < 4.78 is 6.84. The topological polar surface area (TPSA) is 75.2 Å². The zero-order valence-corrected chi connectivity index (χ0v) is 11.0. The van der Waals surface area contributed by atoms with Gasteiger partial charge < -0.3 is 14.4 Å². The number of benzene rings is 1. The molecule has 0 amide bonds. The van der Waals surface area contributed by atoms with Crippen LogP contribution in [-0.2, 0) is 11.8 Å². The number of aromatic hydroxyl groups is 1. The maximum atomic E-state index is 12.0. The molecule has 0 radical (unpaired) electrons. The third-order valence-electron chi connectivity index (χ3n) is 3.21. The molecule has 98 valence electrons. The van der Waals surface area contributed by atoms with Crippen LogP contribution in [0.15, 0.2) is 12.1 Å². The first kappa shape index (κ1) is 13.0. The Morgan fingerprint density at radius 3 is 2.79 bits per heavy atom. The lowest BCUT2D eigenvalue weighted by Crippen LogP contribution is -2.06. The normalized spacial score (nSPS) is 10.4. The van der Waals surface area contributed by atoms with Gasteiger partial charge in [0.25, 0.3) is 0 Å². The van der Waals surface area contributed by atoms with E-state index in [0.29, 0.717) is 10.9 Å². The summed E-state index contributed by atoms with van der Waals surface area (Å²) in [6.07, 6.45) is 0. The van der Waals surface area contributed by atoms with Crippen molar-refractivity contribution in [3.8, 4) is 11.8 Å². The van der Waals surface area contributed by atoms with E-state index >= 15 is 0 Å². The molecule has 1 aromatic heterocycles. The largest absolute Gasteiger partial charge is 0.507 e. The van der Waals surface area contributed by atoms with Gasteiger partial charge in [0.05, 0.1) is 23.3 Å². The van der Waals surface area contributed by atoms with Crippen LogP contribution < -0.4 is 0 Å². The lowest BCUT2D eigenvalue weighted by molar-refractivity contribution is 0.0527. The molecule has 0 aliphatic rings. The first-order chi connectivity index (χ1) is 9.01. The zero-order chi connectivity index (χ0) is 14.2. The highest BCUT2D eigenvalue weighted by atomic mass is 16.5. The Morgan fingerprint density at radius 1 is 1.53 bits per heavy atom. The molecule has 2 rings (SSSR count). The van der Waals surface area contributed by atoms with Crippen molar-refractivity contribution in [1.82, 2.24) is 4.57 Å². The zero-order valence-electron chi connectivity index (χ0n) is 11.0. The van der Waals surface area contributed by atoms with Crippen molar-refractivity contribution in [2.45, 2.75) is 13.8 Å². The maximum absolute atomic E-state index is 12.0. The van der Waals surface area contributed by atoms with E-state index in [0.717, 1.165) is 11.2 Å². The molecule has 0 aliphatic heterocycles. The average molecular weight is 258 g/mol. The Labute approximate surface area is 110 Å². The molecule has 1 aromatic carbocycles. The number of hydrogen-bond donors (Lipinski definition) is 1. The minimum atomic E-state index is -0.422. The molecule has 0 spiro atoms. The van der Waals surface area contributed by atoms with Crippen LogP contribution >= 0.6 is 0 Å². The number of nitrogens with zero attached hydrogens (tertiary/aromatic N) is 2. The van der Waals surface area contributed by atoms with E-state index in [9.17, 15) is 9.90 Å². The number of rotatable bonds is 2. The molecule has 0 saturated carbocycles. The Morgan fingerprint density at radius 2 is 2.21 bits per heavy atom. The van der Waals surface area contributed by atoms with E-state index in [1.165, 1.54) is 6.07 Å². The molecule has 0 saturated heterocycles. The molecular formula is C14H14N2O3. The summed E-state index contributed by atoms with van der Waals surface area (Å²) in [5, 5.41) is 19.3. The fraction of sp³-hybridized carbons (Fsp3) is 0.286. The molecule has 0 bridgehead atoms. The van der Waals surface area contributed by atoms with Crippen LogP contribution in [0, 0.1) is 18.3 Å². The fourth-order valence-corrected chi connectivity index (χ4v) is 2.15. The predicted molar refractivity (Wildman–Crippen MR) is 70.0 cm³/mol. The van der Waals surface area contributed by atoms with Crippen molar-refractivity contribution in [2.75, 3.05) is 6.61 Å². The smallest absolute Gasteiger partial charge is 0.340 e. The average Bonchev–Trinajstić information content (AvgIpc) is 2.61. The van der Waals surface area contributed by atoms with Gasteiger partial charge in [0.15, 0.2) is 0 Å². The summed E-state index contributed by atoms with van der Waals surface area (Å²) >= 11 is 0. The summed E-state index contributed by atoms with van der Waals surface area (Å²) in [5.41, 5.74) is 2.07. The van der Waals surface area contributed by atoms with Gasteiger partial charge in [-0.25, -0.2) is 4.79 Å². The van der Waals surface area contributed by atoms with Crippen LogP contribution in [0.4, 0.5) is 0 Å². The number of carbonyl (C=O) groups is 1. The number of aromatic nitrogens is 1. The summed E-state index contributed by atoms with van der Waals surface area (Å²) in [5.74, 6) is -0.555. The lowest BCUT2D eigenvalue weighted by atomic mass is 10.1. The number of phenols is 1. The second-order valence-corrected chi connectivity index (χ2v) is 4.24. The van der Waals surface area contributed by atoms with Crippen molar-refractivity contribution in [1.29, 1.82) is 5.26 Å². The van der Waals surface area contributed by atoms with E-state index in [1.807, 2.05) is 10.6 Å². The van der Waals surface area contributed by atoms with Crippen molar-refractivity contribution in [3.05, 3.63) is 29.0 Å². The highest BCUT2D eigenvalue weighted by Gasteiger charge is 2.21. The Kier molecular flexibility index (Phi) is 3.17. The molecule has 1 N–H and O–H groups in total. The number of nitriles is 1. The predicted octanol–water partition coefficient (Wildman–Crippen LogP) is 2.24. The molecule has 0 unspecified atom stereocenters. The monoisotopic (exact) mass is 258 g/mol. The highest BCUT2D eigenvalue weighted by molar-refractivity contribution is 6.06. The molecule has 5 nitrogen and oxygen atoms in total. The molecule has 2 aromatic rings. The highest BCUT2D eigenvalue weighted by Crippen LogP contribution is 2.31. The molecule has 0 aliphatic carbocycles. The van der Waals surface area contributed by atoms with Crippen LogP contribution in [0.2, 0.25) is 0 Å². The maximum Gasteiger partial charge on any atom is 0.340 e. The summed E-state index contributed by atoms with van der Waals surface area (Å²) in [6, 6.07) is 4.93. The third kappa shape index (κ3) is 1.91. The number of aryl methyl sites for hydroxylation is 1. The summed E-state index contributed by atoms with van der Waals surface area (Å²) in [4.78, 5) is 12.0. The van der Waals surface area contributed by atoms with Crippen LogP contribution in [0.25, 0.3) is 10.9 Å². The van der Waals surface area contributed by atoms with Gasteiger partial charge >= 0.3 is 5.97 Å².